The smallest absolute Gasteiger partial charge is 0.176 e. The van der Waals surface area contributed by atoms with E-state index in [9.17, 15) is 4.57 Å². The predicted octanol–water partition coefficient (Wildman–Crippen LogP) is 5.10. The van der Waals surface area contributed by atoms with Gasteiger partial charge in [-0.1, -0.05) is 37.5 Å². The summed E-state index contributed by atoms with van der Waals surface area (Å²) in [5, 5.41) is 0. The summed E-state index contributed by atoms with van der Waals surface area (Å²) in [6.45, 7) is 13.3. The zero-order valence-corrected chi connectivity index (χ0v) is 17.4. The molecule has 2 saturated heterocycles. The molecular formula is C19H32N2OP2. The van der Waals surface area contributed by atoms with Crippen molar-refractivity contribution >= 4 is 15.4 Å². The highest BCUT2D eigenvalue weighted by molar-refractivity contribution is 7.68. The SMILES string of the molecule is CCN(CC)P1(=O)C=C(C)[C@@H]2[C@H]1[C@@H]1C=C(C)[C@H]2P1N1CCCCC1. The molecule has 2 unspecified atom stereocenters. The summed E-state index contributed by atoms with van der Waals surface area (Å²) in [4.78, 5) is 0. The molecule has 3 nitrogen and oxygen atoms in total. The largest absolute Gasteiger partial charge is 0.302 e. The molecule has 0 aromatic carbocycles. The number of hydrogen-bond acceptors (Lipinski definition) is 2. The highest BCUT2D eigenvalue weighted by Crippen LogP contribution is 2.80. The van der Waals surface area contributed by atoms with Crippen LogP contribution >= 0.6 is 15.4 Å². The first-order valence-electron chi connectivity index (χ1n) is 9.78. The fourth-order valence-corrected chi connectivity index (χ4v) is 14.6. The topological polar surface area (TPSA) is 23.6 Å². The summed E-state index contributed by atoms with van der Waals surface area (Å²) in [6, 6.07) is 0. The summed E-state index contributed by atoms with van der Waals surface area (Å²) in [6.07, 6.45) is 6.64. The van der Waals surface area contributed by atoms with Crippen LogP contribution in [0.25, 0.3) is 0 Å². The average molecular weight is 366 g/mol. The highest BCUT2D eigenvalue weighted by Gasteiger charge is 2.64. The van der Waals surface area contributed by atoms with Crippen molar-refractivity contribution < 1.29 is 4.57 Å². The van der Waals surface area contributed by atoms with Crippen molar-refractivity contribution in [3.05, 3.63) is 23.0 Å². The molecule has 2 fully saturated rings. The molecule has 0 aromatic rings. The van der Waals surface area contributed by atoms with E-state index in [-0.39, 0.29) is 8.07 Å². The second kappa shape index (κ2) is 6.34. The monoisotopic (exact) mass is 366 g/mol. The van der Waals surface area contributed by atoms with Crippen molar-refractivity contribution in [1.82, 2.24) is 9.34 Å². The van der Waals surface area contributed by atoms with E-state index in [4.69, 9.17) is 0 Å². The Morgan fingerprint density at radius 2 is 1.83 bits per heavy atom. The Morgan fingerprint density at radius 3 is 2.46 bits per heavy atom. The van der Waals surface area contributed by atoms with Gasteiger partial charge in [0, 0.05) is 49.1 Å². The molecule has 0 amide bonds. The fourth-order valence-electron chi connectivity index (χ4n) is 5.78. The molecule has 4 rings (SSSR count). The fraction of sp³-hybridized carbons (Fsp3) is 0.789. The Hall–Kier alpha value is 0.0600. The van der Waals surface area contributed by atoms with Crippen LogP contribution < -0.4 is 0 Å². The minimum absolute atomic E-state index is 0.166. The van der Waals surface area contributed by atoms with Gasteiger partial charge < -0.3 is 4.57 Å². The Morgan fingerprint density at radius 1 is 1.17 bits per heavy atom. The van der Waals surface area contributed by atoms with Crippen LogP contribution in [0.15, 0.2) is 23.0 Å². The van der Waals surface area contributed by atoms with Crippen LogP contribution in [0.2, 0.25) is 0 Å². The lowest BCUT2D eigenvalue weighted by molar-refractivity contribution is 0.367. The molecule has 134 valence electrons. The Balaban J connectivity index is 1.72. The van der Waals surface area contributed by atoms with Gasteiger partial charge in [0.15, 0.2) is 7.29 Å². The van der Waals surface area contributed by atoms with E-state index >= 15 is 0 Å². The van der Waals surface area contributed by atoms with Crippen molar-refractivity contribution in [3.8, 4) is 0 Å². The predicted molar refractivity (Wildman–Crippen MR) is 105 cm³/mol. The second-order valence-corrected chi connectivity index (χ2v) is 13.2. The minimum Gasteiger partial charge on any atom is -0.302 e. The molecule has 4 aliphatic rings. The van der Waals surface area contributed by atoms with Crippen molar-refractivity contribution in [2.45, 2.75) is 63.9 Å². The molecule has 6 atom stereocenters. The zero-order chi connectivity index (χ0) is 17.1. The van der Waals surface area contributed by atoms with Gasteiger partial charge in [-0.05, 0) is 40.6 Å². The number of allylic oxidation sites excluding steroid dienone is 3. The Kier molecular flexibility index (Phi) is 4.62. The molecule has 0 aliphatic carbocycles. The van der Waals surface area contributed by atoms with Crippen molar-refractivity contribution in [3.63, 3.8) is 0 Å². The number of hydrogen-bond donors (Lipinski definition) is 0. The lowest BCUT2D eigenvalue weighted by Gasteiger charge is -2.37. The van der Waals surface area contributed by atoms with E-state index in [0.29, 0.717) is 22.9 Å². The lowest BCUT2D eigenvalue weighted by Crippen LogP contribution is -2.33. The third-order valence-corrected chi connectivity index (χ3v) is 14.1. The number of rotatable bonds is 4. The molecular weight excluding hydrogens is 334 g/mol. The van der Waals surface area contributed by atoms with Crippen molar-refractivity contribution in [2.75, 3.05) is 26.2 Å². The van der Waals surface area contributed by atoms with Crippen LogP contribution in [0.1, 0.15) is 47.0 Å². The normalized spacial score (nSPS) is 44.8. The first-order valence-corrected chi connectivity index (χ1v) is 13.0. The van der Waals surface area contributed by atoms with Crippen molar-refractivity contribution in [1.29, 1.82) is 0 Å². The Labute approximate surface area is 148 Å². The maximum atomic E-state index is 14.1. The first kappa shape index (κ1) is 17.5. The van der Waals surface area contributed by atoms with Crippen LogP contribution in [0.5, 0.6) is 0 Å². The van der Waals surface area contributed by atoms with Gasteiger partial charge in [0.05, 0.1) is 0 Å². The second-order valence-electron chi connectivity index (χ2n) is 7.94. The van der Waals surface area contributed by atoms with Gasteiger partial charge in [0.2, 0.25) is 0 Å². The van der Waals surface area contributed by atoms with Gasteiger partial charge in [-0.15, -0.1) is 0 Å². The maximum absolute atomic E-state index is 14.1. The summed E-state index contributed by atoms with van der Waals surface area (Å²) >= 11 is 0. The van der Waals surface area contributed by atoms with Gasteiger partial charge >= 0.3 is 0 Å². The van der Waals surface area contributed by atoms with Gasteiger partial charge in [0.1, 0.15) is 0 Å². The van der Waals surface area contributed by atoms with Gasteiger partial charge in [0.25, 0.3) is 0 Å². The molecule has 0 saturated carbocycles. The van der Waals surface area contributed by atoms with Crippen LogP contribution in [-0.2, 0) is 4.57 Å². The minimum atomic E-state index is -2.38. The van der Waals surface area contributed by atoms with Crippen molar-refractivity contribution in [2.24, 2.45) is 5.92 Å². The van der Waals surface area contributed by atoms with E-state index in [0.717, 1.165) is 13.1 Å². The standard InChI is InChI=1S/C19H32N2OP2/c1-5-21(6-2)24(22)13-15(4)17-18-14(3)12-16(19(17)24)23(18)20-10-8-7-9-11-20/h12-13,16-19H,5-11H2,1-4H3/t16-,17-,18+,19+,23?,24?/m0/s1. The lowest BCUT2D eigenvalue weighted by atomic mass is 9.85. The maximum Gasteiger partial charge on any atom is 0.176 e. The summed E-state index contributed by atoms with van der Waals surface area (Å²) in [5.74, 6) is 2.77. The molecule has 0 N–H and O–H groups in total. The van der Waals surface area contributed by atoms with Gasteiger partial charge in [-0.2, -0.15) is 0 Å². The molecule has 5 heteroatoms. The molecule has 4 aliphatic heterocycles. The third kappa shape index (κ3) is 2.31. The summed E-state index contributed by atoms with van der Waals surface area (Å²) in [7, 11) is -2.55. The first-order chi connectivity index (χ1) is 11.5. The van der Waals surface area contributed by atoms with Crippen LogP contribution in [0.3, 0.4) is 0 Å². The quantitative estimate of drug-likeness (QED) is 0.511. The highest BCUT2D eigenvalue weighted by atomic mass is 31.2. The van der Waals surface area contributed by atoms with Gasteiger partial charge in [-0.3, -0.25) is 9.34 Å². The third-order valence-electron chi connectivity index (χ3n) is 6.72. The number of nitrogens with zero attached hydrogens (tertiary/aromatic N) is 2. The molecule has 0 radical (unpaired) electrons. The molecule has 24 heavy (non-hydrogen) atoms. The van der Waals surface area contributed by atoms with E-state index in [1.807, 2.05) is 0 Å². The zero-order valence-electron chi connectivity index (χ0n) is 15.6. The number of fused-ring (bicyclic) bond motifs is 5. The van der Waals surface area contributed by atoms with Gasteiger partial charge in [-0.25, -0.2) is 0 Å². The summed E-state index contributed by atoms with van der Waals surface area (Å²) in [5.41, 5.74) is 4.64. The molecule has 2 bridgehead atoms. The van der Waals surface area contributed by atoms with Crippen LogP contribution in [0, 0.1) is 5.92 Å². The van der Waals surface area contributed by atoms with E-state index in [2.05, 4.69) is 48.9 Å². The van der Waals surface area contributed by atoms with E-state index in [1.54, 1.807) is 5.57 Å². The molecule has 4 heterocycles. The molecule has 0 aromatic heterocycles. The molecule has 0 spiro atoms. The van der Waals surface area contributed by atoms with E-state index in [1.165, 1.54) is 37.9 Å². The summed E-state index contributed by atoms with van der Waals surface area (Å²) < 4.78 is 19.2. The van der Waals surface area contributed by atoms with Crippen LogP contribution in [0.4, 0.5) is 0 Å². The Bertz CT molecular complexity index is 619. The number of piperidine rings is 1. The van der Waals surface area contributed by atoms with Crippen LogP contribution in [-0.4, -0.2) is 52.5 Å². The van der Waals surface area contributed by atoms with E-state index < -0.39 is 7.29 Å². The average Bonchev–Trinajstić information content (AvgIpc) is 3.16.